The second-order valence-electron chi connectivity index (χ2n) is 9.48. The van der Waals surface area contributed by atoms with Crippen LogP contribution >= 0.6 is 0 Å². The number of piperazine rings is 1. The van der Waals surface area contributed by atoms with Crippen LogP contribution in [0.5, 0.6) is 0 Å². The Morgan fingerprint density at radius 1 is 1.12 bits per heavy atom. The zero-order chi connectivity index (χ0) is 23.0. The van der Waals surface area contributed by atoms with Crippen LogP contribution in [-0.4, -0.2) is 96.3 Å². The largest absolute Gasteiger partial charge is 0.480 e. The summed E-state index contributed by atoms with van der Waals surface area (Å²) in [4.78, 5) is 21.1. The Labute approximate surface area is 196 Å². The maximum absolute atomic E-state index is 10.9. The van der Waals surface area contributed by atoms with Gasteiger partial charge in [0.05, 0.1) is 18.5 Å². The molecule has 0 bridgehead atoms. The number of nitrogens with zero attached hydrogens (tertiary/aromatic N) is 5. The molecule has 0 saturated carbocycles. The molecular formula is C25H37N5O3. The minimum atomic E-state index is -0.742. The summed E-state index contributed by atoms with van der Waals surface area (Å²) in [5.74, 6) is -0.162. The van der Waals surface area contributed by atoms with Gasteiger partial charge in [-0.25, -0.2) is 0 Å². The normalized spacial score (nSPS) is 23.1. The first-order valence-electron chi connectivity index (χ1n) is 12.4. The first-order valence-corrected chi connectivity index (χ1v) is 12.4. The van der Waals surface area contributed by atoms with E-state index in [4.69, 9.17) is 9.94 Å². The maximum Gasteiger partial charge on any atom is 0.317 e. The van der Waals surface area contributed by atoms with E-state index in [1.165, 1.54) is 13.0 Å². The van der Waals surface area contributed by atoms with Gasteiger partial charge in [0.15, 0.2) is 0 Å². The summed E-state index contributed by atoms with van der Waals surface area (Å²) in [6, 6.07) is 8.41. The number of carboxylic acids is 1. The highest BCUT2D eigenvalue weighted by Gasteiger charge is 2.28. The lowest BCUT2D eigenvalue weighted by Gasteiger charge is -2.32. The van der Waals surface area contributed by atoms with Crippen molar-refractivity contribution in [3.05, 3.63) is 35.4 Å². The topological polar surface area (TPSA) is 81.0 Å². The van der Waals surface area contributed by atoms with Crippen molar-refractivity contribution in [3.63, 3.8) is 0 Å². The third-order valence-corrected chi connectivity index (χ3v) is 6.90. The average molecular weight is 456 g/mol. The molecule has 0 aliphatic carbocycles. The van der Waals surface area contributed by atoms with Gasteiger partial charge in [0.1, 0.15) is 6.10 Å². The Morgan fingerprint density at radius 3 is 2.52 bits per heavy atom. The molecule has 0 amide bonds. The fourth-order valence-electron chi connectivity index (χ4n) is 4.97. The molecule has 8 nitrogen and oxygen atoms in total. The molecule has 0 spiro atoms. The quantitative estimate of drug-likeness (QED) is 0.577. The summed E-state index contributed by atoms with van der Waals surface area (Å²) in [5.41, 5.74) is 3.22. The van der Waals surface area contributed by atoms with Gasteiger partial charge in [0, 0.05) is 32.6 Å². The lowest BCUT2D eigenvalue weighted by atomic mass is 9.89. The molecule has 0 aromatic heterocycles. The van der Waals surface area contributed by atoms with E-state index in [2.05, 4.69) is 51.4 Å². The molecule has 3 heterocycles. The first kappa shape index (κ1) is 23.7. The zero-order valence-corrected chi connectivity index (χ0v) is 19.7. The van der Waals surface area contributed by atoms with Crippen LogP contribution in [-0.2, 0) is 9.63 Å². The molecule has 1 aromatic rings. The number of likely N-dealkylation sites (tertiary alicyclic amines) is 1. The van der Waals surface area contributed by atoms with Crippen LogP contribution in [0.2, 0.25) is 0 Å². The van der Waals surface area contributed by atoms with Gasteiger partial charge in [-0.3, -0.25) is 19.6 Å². The van der Waals surface area contributed by atoms with Crippen LogP contribution in [0.1, 0.15) is 50.2 Å². The van der Waals surface area contributed by atoms with Crippen molar-refractivity contribution in [1.82, 2.24) is 14.8 Å². The molecule has 1 atom stereocenters. The van der Waals surface area contributed by atoms with Crippen LogP contribution in [0, 0.1) is 5.92 Å². The predicted octanol–water partition coefficient (Wildman–Crippen LogP) is 2.73. The Bertz CT molecular complexity index is 825. The van der Waals surface area contributed by atoms with Crippen LogP contribution in [0.15, 0.2) is 34.5 Å². The Hall–Kier alpha value is -2.45. The molecule has 3 aliphatic heterocycles. The van der Waals surface area contributed by atoms with Crippen molar-refractivity contribution >= 4 is 17.9 Å². The second kappa shape index (κ2) is 11.6. The number of oxime groups is 1. The number of hydrogen-bond acceptors (Lipinski definition) is 7. The Balaban J connectivity index is 1.20. The van der Waals surface area contributed by atoms with E-state index in [1.54, 1.807) is 0 Å². The summed E-state index contributed by atoms with van der Waals surface area (Å²) in [5, 5.41) is 20.1. The number of benzene rings is 1. The van der Waals surface area contributed by atoms with E-state index in [9.17, 15) is 4.79 Å². The summed E-state index contributed by atoms with van der Waals surface area (Å²) in [6.45, 7) is 9.43. The molecule has 3 aliphatic rings. The molecule has 33 heavy (non-hydrogen) atoms. The number of hydrogen-bond donors (Lipinski definition) is 1. The third kappa shape index (κ3) is 7.01. The second-order valence-corrected chi connectivity index (χ2v) is 9.48. The van der Waals surface area contributed by atoms with Gasteiger partial charge < -0.3 is 9.94 Å². The number of rotatable bonds is 9. The monoisotopic (exact) mass is 455 g/mol. The summed E-state index contributed by atoms with van der Waals surface area (Å²) < 4.78 is 0. The van der Waals surface area contributed by atoms with Crippen molar-refractivity contribution in [2.45, 2.75) is 45.1 Å². The van der Waals surface area contributed by atoms with Gasteiger partial charge in [-0.05, 0) is 62.4 Å². The Morgan fingerprint density at radius 2 is 1.85 bits per heavy atom. The highest BCUT2D eigenvalue weighted by molar-refractivity contribution is 6.01. The van der Waals surface area contributed by atoms with Crippen LogP contribution in [0.4, 0.5) is 0 Å². The van der Waals surface area contributed by atoms with Crippen LogP contribution in [0.25, 0.3) is 0 Å². The first-order chi connectivity index (χ1) is 16.1. The number of hydrazone groups is 1. The minimum Gasteiger partial charge on any atom is -0.480 e. The molecular weight excluding hydrogens is 418 g/mol. The summed E-state index contributed by atoms with van der Waals surface area (Å²) in [7, 11) is 0. The van der Waals surface area contributed by atoms with Crippen LogP contribution in [0.3, 0.4) is 0 Å². The van der Waals surface area contributed by atoms with Crippen molar-refractivity contribution < 1.29 is 14.7 Å². The fraction of sp³-hybridized carbons (Fsp3) is 0.640. The van der Waals surface area contributed by atoms with E-state index < -0.39 is 5.97 Å². The number of piperidine rings is 1. The van der Waals surface area contributed by atoms with Crippen molar-refractivity contribution in [3.8, 4) is 0 Å². The summed E-state index contributed by atoms with van der Waals surface area (Å²) in [6.07, 6.45) is 7.18. The van der Waals surface area contributed by atoms with Gasteiger partial charge in [-0.1, -0.05) is 36.3 Å². The molecule has 1 aromatic carbocycles. The van der Waals surface area contributed by atoms with Gasteiger partial charge in [-0.15, -0.1) is 0 Å². The maximum atomic E-state index is 10.9. The third-order valence-electron chi connectivity index (χ3n) is 6.90. The van der Waals surface area contributed by atoms with Gasteiger partial charge in [0.2, 0.25) is 0 Å². The lowest BCUT2D eigenvalue weighted by molar-refractivity contribution is -0.138. The zero-order valence-electron chi connectivity index (χ0n) is 19.7. The molecule has 1 N–H and O–H groups in total. The molecule has 4 rings (SSSR count). The van der Waals surface area contributed by atoms with E-state index in [1.807, 2.05) is 11.1 Å². The van der Waals surface area contributed by atoms with Crippen molar-refractivity contribution in [2.24, 2.45) is 16.2 Å². The number of aliphatic carboxylic acids is 1. The van der Waals surface area contributed by atoms with Crippen molar-refractivity contribution in [1.29, 1.82) is 0 Å². The SMILES string of the molecule is CCCN1CCN(N=Cc2ccc(C3=NOC(CC4CCN(CC(=O)O)CC4)C3)cc2)CC1. The lowest BCUT2D eigenvalue weighted by Crippen LogP contribution is -2.44. The van der Waals surface area contributed by atoms with Gasteiger partial charge >= 0.3 is 5.97 Å². The van der Waals surface area contributed by atoms with E-state index in [-0.39, 0.29) is 12.6 Å². The number of carboxylic acid groups (broad SMARTS) is 1. The van der Waals surface area contributed by atoms with E-state index in [0.29, 0.717) is 5.92 Å². The van der Waals surface area contributed by atoms with Crippen LogP contribution < -0.4 is 0 Å². The molecule has 180 valence electrons. The molecule has 2 saturated heterocycles. The van der Waals surface area contributed by atoms with Gasteiger partial charge in [0.25, 0.3) is 0 Å². The highest BCUT2D eigenvalue weighted by Crippen LogP contribution is 2.28. The smallest absolute Gasteiger partial charge is 0.317 e. The Kier molecular flexibility index (Phi) is 8.34. The fourth-order valence-corrected chi connectivity index (χ4v) is 4.97. The molecule has 0 radical (unpaired) electrons. The predicted molar refractivity (Wildman–Crippen MR) is 130 cm³/mol. The standard InChI is InChI=1S/C25H37N5O3/c1-2-9-28-12-14-30(15-13-28)26-18-21-3-5-22(6-4-21)24-17-23(33-27-24)16-20-7-10-29(11-8-20)19-25(31)32/h3-6,18,20,23H,2,7-17,19H2,1H3,(H,31,32). The molecule has 1 unspecified atom stereocenters. The minimum absolute atomic E-state index is 0.128. The van der Waals surface area contributed by atoms with E-state index in [0.717, 1.165) is 81.8 Å². The number of carbonyl (C=O) groups is 1. The van der Waals surface area contributed by atoms with Crippen molar-refractivity contribution in [2.75, 3.05) is 52.4 Å². The molecule has 2 fully saturated rings. The van der Waals surface area contributed by atoms with E-state index >= 15 is 0 Å². The summed E-state index contributed by atoms with van der Waals surface area (Å²) >= 11 is 0. The highest BCUT2D eigenvalue weighted by atomic mass is 16.6. The average Bonchev–Trinajstić information content (AvgIpc) is 3.29. The van der Waals surface area contributed by atoms with Gasteiger partial charge in [-0.2, -0.15) is 5.10 Å². The molecule has 8 heteroatoms.